The number of hydrogen-bond donors (Lipinski definition) is 2. The van der Waals surface area contributed by atoms with E-state index in [9.17, 15) is 9.59 Å². The predicted octanol–water partition coefficient (Wildman–Crippen LogP) is 5.86. The van der Waals surface area contributed by atoms with Crippen molar-refractivity contribution in [1.29, 1.82) is 0 Å². The molecule has 0 aliphatic heterocycles. The molecule has 0 aliphatic carbocycles. The van der Waals surface area contributed by atoms with Crippen molar-refractivity contribution in [3.05, 3.63) is 120 Å². The molecule has 0 bridgehead atoms. The standard InChI is InChI=1S/C26H20N2O2/c29-25(27-23-13-3-1-4-14-23)21-11-7-9-19(17-21)20-10-8-12-22(18-20)26(30)28-24-15-5-2-6-16-24/h1-18H,(H,27,29)(H,28,30). The van der Waals surface area contributed by atoms with E-state index in [1.165, 1.54) is 0 Å². The molecular formula is C26H20N2O2. The van der Waals surface area contributed by atoms with Crippen LogP contribution in [-0.2, 0) is 0 Å². The maximum Gasteiger partial charge on any atom is 0.255 e. The molecule has 2 amide bonds. The van der Waals surface area contributed by atoms with Crippen LogP contribution in [0.2, 0.25) is 0 Å². The Kier molecular flexibility index (Phi) is 5.67. The lowest BCUT2D eigenvalue weighted by atomic mass is 10.0. The van der Waals surface area contributed by atoms with Gasteiger partial charge in [0.2, 0.25) is 0 Å². The van der Waals surface area contributed by atoms with Crippen molar-refractivity contribution in [1.82, 2.24) is 0 Å². The Balaban J connectivity index is 1.54. The molecule has 4 heteroatoms. The molecule has 0 atom stereocenters. The molecule has 0 heterocycles. The second kappa shape index (κ2) is 8.88. The zero-order valence-electron chi connectivity index (χ0n) is 16.2. The topological polar surface area (TPSA) is 58.2 Å². The van der Waals surface area contributed by atoms with E-state index >= 15 is 0 Å². The highest BCUT2D eigenvalue weighted by Gasteiger charge is 2.10. The van der Waals surface area contributed by atoms with Gasteiger partial charge in [0.25, 0.3) is 11.8 Å². The normalized spacial score (nSPS) is 10.3. The zero-order valence-corrected chi connectivity index (χ0v) is 16.2. The minimum absolute atomic E-state index is 0.180. The van der Waals surface area contributed by atoms with Gasteiger partial charge in [0.15, 0.2) is 0 Å². The Morgan fingerprint density at radius 1 is 0.467 bits per heavy atom. The maximum absolute atomic E-state index is 12.6. The Labute approximate surface area is 175 Å². The number of hydrogen-bond acceptors (Lipinski definition) is 2. The third-order valence-electron chi connectivity index (χ3n) is 4.65. The number of amides is 2. The van der Waals surface area contributed by atoms with Gasteiger partial charge in [-0.3, -0.25) is 9.59 Å². The number of rotatable bonds is 5. The Bertz CT molecular complexity index is 1080. The molecule has 0 saturated heterocycles. The van der Waals surface area contributed by atoms with Crippen molar-refractivity contribution in [2.75, 3.05) is 10.6 Å². The number of carbonyl (C=O) groups is 2. The summed E-state index contributed by atoms with van der Waals surface area (Å²) in [5, 5.41) is 5.78. The van der Waals surface area contributed by atoms with E-state index in [0.717, 1.165) is 22.5 Å². The van der Waals surface area contributed by atoms with E-state index < -0.39 is 0 Å². The van der Waals surface area contributed by atoms with Gasteiger partial charge in [0, 0.05) is 22.5 Å². The summed E-state index contributed by atoms with van der Waals surface area (Å²) in [7, 11) is 0. The number of carbonyl (C=O) groups excluding carboxylic acids is 2. The highest BCUT2D eigenvalue weighted by molar-refractivity contribution is 6.06. The van der Waals surface area contributed by atoms with Gasteiger partial charge < -0.3 is 10.6 Å². The minimum Gasteiger partial charge on any atom is -0.322 e. The summed E-state index contributed by atoms with van der Waals surface area (Å²) in [6, 6.07) is 33.4. The molecule has 0 aliphatic rings. The highest BCUT2D eigenvalue weighted by atomic mass is 16.2. The summed E-state index contributed by atoms with van der Waals surface area (Å²) >= 11 is 0. The fourth-order valence-electron chi connectivity index (χ4n) is 3.13. The molecule has 0 radical (unpaired) electrons. The monoisotopic (exact) mass is 392 g/mol. The largest absolute Gasteiger partial charge is 0.322 e. The first kappa shape index (κ1) is 19.2. The molecule has 0 aromatic heterocycles. The summed E-state index contributed by atoms with van der Waals surface area (Å²) in [6.45, 7) is 0. The van der Waals surface area contributed by atoms with E-state index in [1.807, 2.05) is 97.1 Å². The molecule has 0 saturated carbocycles. The van der Waals surface area contributed by atoms with Gasteiger partial charge in [0.1, 0.15) is 0 Å². The number of para-hydroxylation sites is 2. The number of nitrogens with one attached hydrogen (secondary N) is 2. The van der Waals surface area contributed by atoms with Crippen LogP contribution in [0.1, 0.15) is 20.7 Å². The first-order chi connectivity index (χ1) is 14.7. The molecule has 4 rings (SSSR count). The van der Waals surface area contributed by atoms with Gasteiger partial charge in [-0.25, -0.2) is 0 Å². The van der Waals surface area contributed by atoms with Crippen molar-refractivity contribution >= 4 is 23.2 Å². The average molecular weight is 392 g/mol. The van der Waals surface area contributed by atoms with E-state index in [1.54, 1.807) is 12.1 Å². The van der Waals surface area contributed by atoms with Crippen LogP contribution < -0.4 is 10.6 Å². The Morgan fingerprint density at radius 3 is 1.27 bits per heavy atom. The van der Waals surface area contributed by atoms with Crippen molar-refractivity contribution in [3.63, 3.8) is 0 Å². The van der Waals surface area contributed by atoms with Crippen LogP contribution in [0.5, 0.6) is 0 Å². The second-order valence-corrected chi connectivity index (χ2v) is 6.80. The minimum atomic E-state index is -0.180. The second-order valence-electron chi connectivity index (χ2n) is 6.80. The van der Waals surface area contributed by atoms with Gasteiger partial charge in [-0.2, -0.15) is 0 Å². The first-order valence-electron chi connectivity index (χ1n) is 9.62. The molecule has 2 N–H and O–H groups in total. The van der Waals surface area contributed by atoms with Gasteiger partial charge in [-0.1, -0.05) is 60.7 Å². The first-order valence-corrected chi connectivity index (χ1v) is 9.62. The fraction of sp³-hybridized carbons (Fsp3) is 0. The number of benzene rings is 4. The van der Waals surface area contributed by atoms with Crippen LogP contribution in [-0.4, -0.2) is 11.8 Å². The van der Waals surface area contributed by atoms with E-state index in [2.05, 4.69) is 10.6 Å². The summed E-state index contributed by atoms with van der Waals surface area (Å²) < 4.78 is 0. The smallest absolute Gasteiger partial charge is 0.255 e. The quantitative estimate of drug-likeness (QED) is 0.447. The Morgan fingerprint density at radius 2 is 0.867 bits per heavy atom. The Hall–Kier alpha value is -4.18. The van der Waals surface area contributed by atoms with Gasteiger partial charge >= 0.3 is 0 Å². The SMILES string of the molecule is O=C(Nc1ccccc1)c1cccc(-c2cccc(C(=O)Nc3ccccc3)c2)c1. The molecule has 30 heavy (non-hydrogen) atoms. The van der Waals surface area contributed by atoms with Crippen molar-refractivity contribution < 1.29 is 9.59 Å². The summed E-state index contributed by atoms with van der Waals surface area (Å²) in [5.41, 5.74) is 4.32. The zero-order chi connectivity index (χ0) is 20.8. The van der Waals surface area contributed by atoms with Crippen molar-refractivity contribution in [3.8, 4) is 11.1 Å². The van der Waals surface area contributed by atoms with Crippen LogP contribution in [0.3, 0.4) is 0 Å². The molecule has 4 aromatic rings. The van der Waals surface area contributed by atoms with E-state index in [0.29, 0.717) is 11.1 Å². The average Bonchev–Trinajstić information content (AvgIpc) is 2.80. The van der Waals surface area contributed by atoms with Crippen LogP contribution in [0.25, 0.3) is 11.1 Å². The lowest BCUT2D eigenvalue weighted by Crippen LogP contribution is -2.12. The van der Waals surface area contributed by atoms with Crippen LogP contribution >= 0.6 is 0 Å². The maximum atomic E-state index is 12.6. The van der Waals surface area contributed by atoms with E-state index in [-0.39, 0.29) is 11.8 Å². The molecule has 0 fully saturated rings. The predicted molar refractivity (Wildman–Crippen MR) is 121 cm³/mol. The van der Waals surface area contributed by atoms with Gasteiger partial charge in [-0.05, 0) is 59.7 Å². The molecule has 4 aromatic carbocycles. The third-order valence-corrected chi connectivity index (χ3v) is 4.65. The third kappa shape index (κ3) is 4.62. The van der Waals surface area contributed by atoms with E-state index in [4.69, 9.17) is 0 Å². The summed E-state index contributed by atoms with van der Waals surface area (Å²) in [4.78, 5) is 25.2. The van der Waals surface area contributed by atoms with Gasteiger partial charge in [0.05, 0.1) is 0 Å². The highest BCUT2D eigenvalue weighted by Crippen LogP contribution is 2.23. The molecule has 0 spiro atoms. The molecule has 0 unspecified atom stereocenters. The number of anilines is 2. The van der Waals surface area contributed by atoms with Crippen LogP contribution in [0.15, 0.2) is 109 Å². The molecule has 146 valence electrons. The van der Waals surface area contributed by atoms with Gasteiger partial charge in [-0.15, -0.1) is 0 Å². The van der Waals surface area contributed by atoms with Crippen molar-refractivity contribution in [2.45, 2.75) is 0 Å². The summed E-state index contributed by atoms with van der Waals surface area (Å²) in [6.07, 6.45) is 0. The van der Waals surface area contributed by atoms with Crippen LogP contribution in [0, 0.1) is 0 Å². The fourth-order valence-corrected chi connectivity index (χ4v) is 3.13. The van der Waals surface area contributed by atoms with Crippen molar-refractivity contribution in [2.24, 2.45) is 0 Å². The lowest BCUT2D eigenvalue weighted by Gasteiger charge is -2.09. The summed E-state index contributed by atoms with van der Waals surface area (Å²) in [5.74, 6) is -0.359. The molecule has 4 nitrogen and oxygen atoms in total. The lowest BCUT2D eigenvalue weighted by molar-refractivity contribution is 0.101. The molecular weight excluding hydrogens is 372 g/mol. The van der Waals surface area contributed by atoms with Crippen LogP contribution in [0.4, 0.5) is 11.4 Å².